The van der Waals surface area contributed by atoms with Crippen molar-refractivity contribution in [2.75, 3.05) is 20.4 Å². The summed E-state index contributed by atoms with van der Waals surface area (Å²) >= 11 is 0. The second-order valence-electron chi connectivity index (χ2n) is 4.33. The molecule has 0 aliphatic heterocycles. The van der Waals surface area contributed by atoms with Crippen LogP contribution in [-0.4, -0.2) is 20.4 Å². The summed E-state index contributed by atoms with van der Waals surface area (Å²) < 4.78 is 10.4. The van der Waals surface area contributed by atoms with Crippen molar-refractivity contribution in [2.45, 2.75) is 5.92 Å². The molecule has 0 saturated heterocycles. The Morgan fingerprint density at radius 3 is 1.42 bits per heavy atom. The van der Waals surface area contributed by atoms with Crippen molar-refractivity contribution < 1.29 is 9.47 Å². The van der Waals surface area contributed by atoms with Gasteiger partial charge in [0.2, 0.25) is 0 Å². The number of hydrogen-bond acceptors (Lipinski definition) is 2. The fourth-order valence-electron chi connectivity index (χ4n) is 2.14. The molecule has 0 aromatic heterocycles. The van der Waals surface area contributed by atoms with Crippen LogP contribution in [0.3, 0.4) is 0 Å². The Morgan fingerprint density at radius 2 is 1.16 bits per heavy atom. The second-order valence-corrected chi connectivity index (χ2v) is 4.81. The molecular formula is C16H19O2P. The van der Waals surface area contributed by atoms with Crippen molar-refractivity contribution in [2.24, 2.45) is 0 Å². The molecule has 3 heteroatoms. The molecule has 0 aliphatic carbocycles. The average molecular weight is 274 g/mol. The van der Waals surface area contributed by atoms with Gasteiger partial charge in [-0.3, -0.25) is 0 Å². The average Bonchev–Trinajstić information content (AvgIpc) is 2.49. The third kappa shape index (κ3) is 3.27. The first-order valence-corrected chi connectivity index (χ1v) is 7.08. The van der Waals surface area contributed by atoms with E-state index >= 15 is 0 Å². The van der Waals surface area contributed by atoms with Gasteiger partial charge in [0, 0.05) is 5.92 Å². The molecule has 0 heterocycles. The highest BCUT2D eigenvalue weighted by Crippen LogP contribution is 2.29. The van der Waals surface area contributed by atoms with Crippen LogP contribution < -0.4 is 9.47 Å². The van der Waals surface area contributed by atoms with Gasteiger partial charge in [0.05, 0.1) is 14.2 Å². The van der Waals surface area contributed by atoms with Gasteiger partial charge < -0.3 is 9.47 Å². The molecule has 0 N–H and O–H groups in total. The first-order chi connectivity index (χ1) is 9.28. The van der Waals surface area contributed by atoms with Gasteiger partial charge in [0.1, 0.15) is 11.5 Å². The molecule has 2 nitrogen and oxygen atoms in total. The molecule has 100 valence electrons. The molecule has 19 heavy (non-hydrogen) atoms. The van der Waals surface area contributed by atoms with Gasteiger partial charge >= 0.3 is 0 Å². The van der Waals surface area contributed by atoms with Crippen LogP contribution in [0.15, 0.2) is 48.5 Å². The largest absolute Gasteiger partial charge is 0.497 e. The third-order valence-corrected chi connectivity index (χ3v) is 3.74. The third-order valence-electron chi connectivity index (χ3n) is 3.27. The van der Waals surface area contributed by atoms with Crippen molar-refractivity contribution in [3.05, 3.63) is 59.7 Å². The van der Waals surface area contributed by atoms with Crippen molar-refractivity contribution in [1.82, 2.24) is 0 Å². The molecule has 0 radical (unpaired) electrons. The Kier molecular flexibility index (Phi) is 4.81. The fourth-order valence-corrected chi connectivity index (χ4v) is 2.68. The van der Waals surface area contributed by atoms with Gasteiger partial charge in [-0.15, -0.1) is 9.24 Å². The second kappa shape index (κ2) is 6.58. The zero-order chi connectivity index (χ0) is 13.7. The Labute approximate surface area is 117 Å². The zero-order valence-corrected chi connectivity index (χ0v) is 12.5. The predicted octanol–water partition coefficient (Wildman–Crippen LogP) is 3.71. The lowest BCUT2D eigenvalue weighted by Gasteiger charge is -2.16. The summed E-state index contributed by atoms with van der Waals surface area (Å²) in [7, 11) is 6.20. The SMILES string of the molecule is COc1ccc(C(CP)c2ccc(OC)cc2)cc1. The standard InChI is InChI=1S/C16H19O2P/c1-17-14-7-3-12(4-8-14)16(11-19)13-5-9-15(18-2)10-6-13/h3-10,16H,11,19H2,1-2H3. The van der Waals surface area contributed by atoms with Gasteiger partial charge in [-0.1, -0.05) is 24.3 Å². The zero-order valence-electron chi connectivity index (χ0n) is 11.3. The lowest BCUT2D eigenvalue weighted by Crippen LogP contribution is -2.02. The van der Waals surface area contributed by atoms with E-state index in [2.05, 4.69) is 33.5 Å². The quantitative estimate of drug-likeness (QED) is 0.774. The number of ether oxygens (including phenoxy) is 2. The minimum atomic E-state index is 0.377. The molecule has 0 amide bonds. The molecule has 2 aromatic carbocycles. The molecular weight excluding hydrogens is 255 g/mol. The predicted molar refractivity (Wildman–Crippen MR) is 82.4 cm³/mol. The van der Waals surface area contributed by atoms with E-state index in [0.717, 1.165) is 17.7 Å². The molecule has 0 spiro atoms. The van der Waals surface area contributed by atoms with E-state index in [4.69, 9.17) is 9.47 Å². The molecule has 0 fully saturated rings. The topological polar surface area (TPSA) is 18.5 Å². The van der Waals surface area contributed by atoms with Crippen molar-refractivity contribution in [1.29, 1.82) is 0 Å². The van der Waals surface area contributed by atoms with Crippen LogP contribution in [-0.2, 0) is 0 Å². The van der Waals surface area contributed by atoms with Crippen molar-refractivity contribution in [3.8, 4) is 11.5 Å². The normalized spacial score (nSPS) is 10.5. The minimum Gasteiger partial charge on any atom is -0.497 e. The van der Waals surface area contributed by atoms with Crippen LogP contribution in [0.25, 0.3) is 0 Å². The Hall–Kier alpha value is -1.53. The molecule has 0 saturated carbocycles. The van der Waals surface area contributed by atoms with E-state index in [-0.39, 0.29) is 0 Å². The molecule has 0 bridgehead atoms. The maximum Gasteiger partial charge on any atom is 0.118 e. The van der Waals surface area contributed by atoms with E-state index in [0.29, 0.717) is 5.92 Å². The monoisotopic (exact) mass is 274 g/mol. The van der Waals surface area contributed by atoms with Gasteiger partial charge in [-0.25, -0.2) is 0 Å². The van der Waals surface area contributed by atoms with Crippen LogP contribution in [0.2, 0.25) is 0 Å². The summed E-state index contributed by atoms with van der Waals surface area (Å²) in [6.07, 6.45) is 0.985. The van der Waals surface area contributed by atoms with Gasteiger partial charge in [-0.2, -0.15) is 0 Å². The van der Waals surface area contributed by atoms with Gasteiger partial charge in [-0.05, 0) is 41.6 Å². The Balaban J connectivity index is 2.26. The first kappa shape index (κ1) is 13.9. The van der Waals surface area contributed by atoms with E-state index in [1.54, 1.807) is 14.2 Å². The summed E-state index contributed by atoms with van der Waals surface area (Å²) in [5.41, 5.74) is 2.59. The van der Waals surface area contributed by atoms with Gasteiger partial charge in [0.15, 0.2) is 0 Å². The van der Waals surface area contributed by atoms with E-state index in [1.807, 2.05) is 24.3 Å². The molecule has 2 aromatic rings. The van der Waals surface area contributed by atoms with Crippen LogP contribution >= 0.6 is 9.24 Å². The fraction of sp³-hybridized carbons (Fsp3) is 0.250. The molecule has 0 aliphatic rings. The number of hydrogen-bond donors (Lipinski definition) is 0. The van der Waals surface area contributed by atoms with Crippen LogP contribution in [0.1, 0.15) is 17.0 Å². The maximum atomic E-state index is 5.20. The number of methoxy groups -OCH3 is 2. The highest BCUT2D eigenvalue weighted by atomic mass is 31.0. The van der Waals surface area contributed by atoms with Crippen molar-refractivity contribution >= 4 is 9.24 Å². The molecule has 1 unspecified atom stereocenters. The first-order valence-electron chi connectivity index (χ1n) is 6.26. The number of rotatable bonds is 5. The summed E-state index contributed by atoms with van der Waals surface area (Å²) in [5.74, 6) is 2.16. The smallest absolute Gasteiger partial charge is 0.118 e. The summed E-state index contributed by atoms with van der Waals surface area (Å²) in [4.78, 5) is 0. The van der Waals surface area contributed by atoms with Gasteiger partial charge in [0.25, 0.3) is 0 Å². The number of benzene rings is 2. The van der Waals surface area contributed by atoms with Crippen LogP contribution in [0.5, 0.6) is 11.5 Å². The highest BCUT2D eigenvalue weighted by Gasteiger charge is 2.12. The van der Waals surface area contributed by atoms with Crippen LogP contribution in [0.4, 0.5) is 0 Å². The van der Waals surface area contributed by atoms with E-state index in [9.17, 15) is 0 Å². The minimum absolute atomic E-state index is 0.377. The van der Waals surface area contributed by atoms with E-state index < -0.39 is 0 Å². The maximum absolute atomic E-state index is 5.20. The molecule has 1 atom stereocenters. The molecule has 2 rings (SSSR count). The Bertz CT molecular complexity index is 458. The lowest BCUT2D eigenvalue weighted by molar-refractivity contribution is 0.414. The highest BCUT2D eigenvalue weighted by molar-refractivity contribution is 7.16. The summed E-state index contributed by atoms with van der Waals surface area (Å²) in [6.45, 7) is 0. The van der Waals surface area contributed by atoms with Crippen molar-refractivity contribution in [3.63, 3.8) is 0 Å². The lowest BCUT2D eigenvalue weighted by atomic mass is 9.93. The summed E-state index contributed by atoms with van der Waals surface area (Å²) in [5, 5.41) is 0. The van der Waals surface area contributed by atoms with Crippen LogP contribution in [0, 0.1) is 0 Å². The van der Waals surface area contributed by atoms with E-state index in [1.165, 1.54) is 11.1 Å². The summed E-state index contributed by atoms with van der Waals surface area (Å²) in [6, 6.07) is 16.5. The Morgan fingerprint density at radius 1 is 0.789 bits per heavy atom.